The second-order valence-electron chi connectivity index (χ2n) is 6.85. The number of rotatable bonds is 5. The van der Waals surface area contributed by atoms with E-state index in [1.807, 2.05) is 36.0 Å². The monoisotopic (exact) mass is 615 g/mol. The van der Waals surface area contributed by atoms with Crippen LogP contribution in [0, 0.1) is 4.77 Å². The lowest BCUT2D eigenvalue weighted by molar-refractivity contribution is 0.0600. The van der Waals surface area contributed by atoms with Crippen molar-refractivity contribution in [3.8, 4) is 11.4 Å². The van der Waals surface area contributed by atoms with Crippen molar-refractivity contribution in [1.29, 1.82) is 0 Å². The summed E-state index contributed by atoms with van der Waals surface area (Å²) in [5, 5.41) is 9.18. The van der Waals surface area contributed by atoms with Gasteiger partial charge in [-0.2, -0.15) is 5.10 Å². The molecule has 16 heteroatoms. The molecule has 0 radical (unpaired) electrons. The summed E-state index contributed by atoms with van der Waals surface area (Å²) < 4.78 is 7.06. The number of hydrazine groups is 2. The van der Waals surface area contributed by atoms with Crippen molar-refractivity contribution >= 4 is 41.5 Å². The Hall–Kier alpha value is -4.57. The molecule has 0 fully saturated rings. The van der Waals surface area contributed by atoms with Crippen molar-refractivity contribution in [3.05, 3.63) is 89.5 Å². The summed E-state index contributed by atoms with van der Waals surface area (Å²) in [5.41, 5.74) is 3.96. The largest absolute Gasteiger partial charge is 0.465 e. The first kappa shape index (κ1) is 39.6. The third-order valence-electron chi connectivity index (χ3n) is 4.37. The number of nitrogens with zero attached hydrogens (tertiary/aromatic N) is 6. The van der Waals surface area contributed by atoms with Gasteiger partial charge in [0.15, 0.2) is 10.6 Å². The van der Waals surface area contributed by atoms with Crippen molar-refractivity contribution in [3.63, 3.8) is 0 Å². The fraction of sp³-hybridized carbons (Fsp3) is 0.231. The summed E-state index contributed by atoms with van der Waals surface area (Å²) >= 11 is 9.34. The highest BCUT2D eigenvalue weighted by molar-refractivity contribution is 7.78. The van der Waals surface area contributed by atoms with Gasteiger partial charge in [0.05, 0.1) is 23.4 Å². The first-order chi connectivity index (χ1) is 19.9. The highest BCUT2D eigenvalue weighted by Gasteiger charge is 2.06. The normalized spacial score (nSPS) is 8.52. The van der Waals surface area contributed by atoms with Gasteiger partial charge in [-0.15, -0.1) is 0 Å². The molecule has 4 aromatic rings. The molecule has 226 valence electrons. The minimum absolute atomic E-state index is 0. The van der Waals surface area contributed by atoms with Crippen LogP contribution in [0.15, 0.2) is 78.6 Å². The zero-order valence-corrected chi connectivity index (χ0v) is 24.4. The number of nitrogens with two attached hydrogens (primary N) is 3. The zero-order chi connectivity index (χ0) is 30.9. The predicted octanol–water partition coefficient (Wildman–Crippen LogP) is 3.14. The molecule has 0 unspecified atom stereocenters. The van der Waals surface area contributed by atoms with Gasteiger partial charge in [-0.3, -0.25) is 42.0 Å². The van der Waals surface area contributed by atoms with E-state index in [0.717, 1.165) is 24.5 Å². The number of nitrogen functional groups attached to an aromatic ring is 1. The Labute approximate surface area is 255 Å². The maximum Gasteiger partial charge on any atom is 0.339 e. The standard InChI is InChI=1S/C9H10N4S.C7H7NO2.C6H7N3O.C3H5NS.CH4.H4N2/c1-2-13-8(11-12-9(13)14)7-3-5-10-6-4-7;1-10-7(9)6-3-2-4-8-5-6;7-9-6(10)5-2-1-3-8-4-5;1-2-4-3-5;;1-2/h3-6H,2H2,1H3,(H,12,14);2-5H,1H3;1-4H,7H2,(H,9,10);2H2,1H3;1H4;1-2H2. The Morgan fingerprint density at radius 2 is 1.60 bits per heavy atom. The summed E-state index contributed by atoms with van der Waals surface area (Å²) in [5.74, 6) is 13.1. The number of thiocarbonyl (C=S) groups is 1. The molecule has 0 atom stereocenters. The fourth-order valence-corrected chi connectivity index (χ4v) is 2.97. The molecule has 4 heterocycles. The van der Waals surface area contributed by atoms with E-state index in [-0.39, 0.29) is 19.3 Å². The number of hydrogen-bond acceptors (Lipinski definition) is 13. The quantitative estimate of drug-likeness (QED) is 0.0546. The number of carbonyl (C=O) groups excluding carboxylic acids is 2. The molecule has 14 nitrogen and oxygen atoms in total. The number of carbonyl (C=O) groups is 2. The molecule has 42 heavy (non-hydrogen) atoms. The highest BCUT2D eigenvalue weighted by atomic mass is 32.1. The molecule has 0 aliphatic rings. The van der Waals surface area contributed by atoms with Gasteiger partial charge in [0.2, 0.25) is 0 Å². The van der Waals surface area contributed by atoms with Crippen LogP contribution < -0.4 is 23.0 Å². The number of esters is 1. The SMILES string of the molecule is C.CCN=C=S.CCn1c(-c2ccncc2)n[nH]c1=S.COC(=O)c1cccnc1.NN.NNC(=O)c1cccnc1. The molecule has 1 amide bonds. The van der Waals surface area contributed by atoms with Crippen LogP contribution in [0.25, 0.3) is 11.4 Å². The van der Waals surface area contributed by atoms with Crippen molar-refractivity contribution in [2.24, 2.45) is 22.5 Å². The van der Waals surface area contributed by atoms with E-state index in [1.165, 1.54) is 19.5 Å². The Morgan fingerprint density at radius 3 is 2.00 bits per heavy atom. The van der Waals surface area contributed by atoms with Crippen LogP contribution >= 0.6 is 24.4 Å². The molecule has 8 N–H and O–H groups in total. The fourth-order valence-electron chi connectivity index (χ4n) is 2.58. The second kappa shape index (κ2) is 25.4. The predicted molar refractivity (Wildman–Crippen MR) is 168 cm³/mol. The van der Waals surface area contributed by atoms with Gasteiger partial charge in [0, 0.05) is 55.8 Å². The lowest BCUT2D eigenvalue weighted by Gasteiger charge is -2.01. The van der Waals surface area contributed by atoms with Crippen LogP contribution in [0.1, 0.15) is 42.0 Å². The van der Waals surface area contributed by atoms with Crippen LogP contribution in [0.4, 0.5) is 0 Å². The first-order valence-electron chi connectivity index (χ1n) is 11.7. The Kier molecular flexibility index (Phi) is 23.9. The molecule has 4 aromatic heterocycles. The minimum Gasteiger partial charge on any atom is -0.465 e. The molecule has 0 spiro atoms. The summed E-state index contributed by atoms with van der Waals surface area (Å²) in [6, 6.07) is 10.5. The summed E-state index contributed by atoms with van der Waals surface area (Å²) in [7, 11) is 1.34. The van der Waals surface area contributed by atoms with E-state index >= 15 is 0 Å². The highest BCUT2D eigenvalue weighted by Crippen LogP contribution is 2.15. The van der Waals surface area contributed by atoms with Gasteiger partial charge in [0.1, 0.15) is 0 Å². The molecular weight excluding hydrogens is 578 g/mol. The van der Waals surface area contributed by atoms with Crippen molar-refractivity contribution in [2.45, 2.75) is 27.8 Å². The number of aliphatic imine (C=N–C) groups is 1. The summed E-state index contributed by atoms with van der Waals surface area (Å²) in [6.45, 7) is 5.52. The molecular formula is C26H37N11O3S2. The summed E-state index contributed by atoms with van der Waals surface area (Å²) in [4.78, 5) is 36.5. The minimum atomic E-state index is -0.354. The lowest BCUT2D eigenvalue weighted by Crippen LogP contribution is -2.29. The maximum atomic E-state index is 10.8. The molecule has 0 aliphatic carbocycles. The third kappa shape index (κ3) is 15.3. The molecule has 0 aliphatic heterocycles. The van der Waals surface area contributed by atoms with Gasteiger partial charge in [0.25, 0.3) is 5.91 Å². The number of ether oxygens (including phenoxy) is 1. The Balaban J connectivity index is 0. The first-order valence-corrected chi connectivity index (χ1v) is 12.6. The average molecular weight is 616 g/mol. The van der Waals surface area contributed by atoms with Crippen LogP contribution in [0.3, 0.4) is 0 Å². The van der Waals surface area contributed by atoms with E-state index in [2.05, 4.69) is 63.9 Å². The van der Waals surface area contributed by atoms with E-state index in [4.69, 9.17) is 18.1 Å². The molecule has 0 saturated carbocycles. The van der Waals surface area contributed by atoms with Gasteiger partial charge >= 0.3 is 5.97 Å². The number of pyridine rings is 3. The number of nitrogens with one attached hydrogen (secondary N) is 2. The number of amides is 1. The van der Waals surface area contributed by atoms with Crippen LogP contribution in [-0.2, 0) is 11.3 Å². The molecule has 4 rings (SSSR count). The maximum absolute atomic E-state index is 10.8. The number of hydrogen-bond donors (Lipinski definition) is 5. The Bertz CT molecular complexity index is 1310. The van der Waals surface area contributed by atoms with Gasteiger partial charge in [-0.25, -0.2) is 15.6 Å². The number of aromatic nitrogens is 6. The third-order valence-corrected chi connectivity index (χ3v) is 4.81. The number of H-pyrrole nitrogens is 1. The zero-order valence-electron chi connectivity index (χ0n) is 22.8. The van der Waals surface area contributed by atoms with Crippen LogP contribution in [0.5, 0.6) is 0 Å². The summed E-state index contributed by atoms with van der Waals surface area (Å²) in [6.07, 6.45) is 9.59. The molecule has 0 aromatic carbocycles. The van der Waals surface area contributed by atoms with Crippen molar-refractivity contribution < 1.29 is 14.3 Å². The van der Waals surface area contributed by atoms with E-state index in [1.54, 1.807) is 49.1 Å². The Morgan fingerprint density at radius 1 is 1.02 bits per heavy atom. The van der Waals surface area contributed by atoms with Crippen molar-refractivity contribution in [2.75, 3.05) is 13.7 Å². The lowest BCUT2D eigenvalue weighted by atomic mass is 10.2. The van der Waals surface area contributed by atoms with Crippen molar-refractivity contribution in [1.82, 2.24) is 35.1 Å². The average Bonchev–Trinajstić information content (AvgIpc) is 3.44. The van der Waals surface area contributed by atoms with Gasteiger partial charge in [-0.1, -0.05) is 7.43 Å². The number of aromatic amines is 1. The van der Waals surface area contributed by atoms with E-state index in [0.29, 0.717) is 15.9 Å². The van der Waals surface area contributed by atoms with Crippen LogP contribution in [-0.4, -0.2) is 60.4 Å². The number of methoxy groups -OCH3 is 1. The second-order valence-corrected chi connectivity index (χ2v) is 7.42. The molecule has 0 bridgehead atoms. The van der Waals surface area contributed by atoms with Crippen LogP contribution in [0.2, 0.25) is 0 Å². The van der Waals surface area contributed by atoms with E-state index in [9.17, 15) is 9.59 Å². The topological polar surface area (TPSA) is 218 Å². The molecule has 0 saturated heterocycles. The van der Waals surface area contributed by atoms with E-state index < -0.39 is 0 Å². The number of isothiocyanates is 1. The van der Waals surface area contributed by atoms with Gasteiger partial charge < -0.3 is 9.30 Å². The van der Waals surface area contributed by atoms with Gasteiger partial charge in [-0.05, 0) is 74.7 Å². The smallest absolute Gasteiger partial charge is 0.339 e.